The number of H-pyrrole nitrogens is 1. The van der Waals surface area contributed by atoms with Gasteiger partial charge in [0, 0.05) is 12.2 Å². The third kappa shape index (κ3) is 2.16. The van der Waals surface area contributed by atoms with Gasteiger partial charge in [-0.25, -0.2) is 13.4 Å². The fourth-order valence-electron chi connectivity index (χ4n) is 3.05. The van der Waals surface area contributed by atoms with Crippen molar-refractivity contribution >= 4 is 20.9 Å². The topological polar surface area (TPSA) is 62.8 Å². The van der Waals surface area contributed by atoms with Gasteiger partial charge in [0.1, 0.15) is 11.3 Å². The quantitative estimate of drug-likeness (QED) is 0.918. The van der Waals surface area contributed by atoms with Crippen molar-refractivity contribution in [2.24, 2.45) is 5.92 Å². The number of nitrogens with zero attached hydrogens (tertiary/aromatic N) is 1. The first-order chi connectivity index (χ1) is 8.97. The van der Waals surface area contributed by atoms with Crippen LogP contribution in [0.5, 0.6) is 0 Å². The highest BCUT2D eigenvalue weighted by Gasteiger charge is 2.28. The average molecular weight is 278 g/mol. The van der Waals surface area contributed by atoms with E-state index in [1.807, 2.05) is 6.07 Å². The Balaban J connectivity index is 2.16. The van der Waals surface area contributed by atoms with Crippen molar-refractivity contribution in [3.05, 3.63) is 24.0 Å². The monoisotopic (exact) mass is 278 g/mol. The van der Waals surface area contributed by atoms with Gasteiger partial charge in [0.25, 0.3) is 0 Å². The summed E-state index contributed by atoms with van der Waals surface area (Å²) in [5, 5.41) is 0. The van der Waals surface area contributed by atoms with Crippen LogP contribution in [0.3, 0.4) is 0 Å². The van der Waals surface area contributed by atoms with Gasteiger partial charge in [-0.05, 0) is 30.9 Å². The smallest absolute Gasteiger partial charge is 0.177 e. The molecule has 0 aliphatic heterocycles. The largest absolute Gasteiger partial charge is 0.342 e. The Morgan fingerprint density at radius 3 is 2.74 bits per heavy atom. The average Bonchev–Trinajstić information content (AvgIpc) is 2.91. The van der Waals surface area contributed by atoms with E-state index in [9.17, 15) is 8.42 Å². The Kier molecular flexibility index (Phi) is 2.89. The molecule has 0 bridgehead atoms. The van der Waals surface area contributed by atoms with Crippen molar-refractivity contribution in [3.8, 4) is 0 Å². The maximum Gasteiger partial charge on any atom is 0.177 e. The lowest BCUT2D eigenvalue weighted by atomic mass is 9.98. The van der Waals surface area contributed by atoms with E-state index in [0.717, 1.165) is 17.8 Å². The van der Waals surface area contributed by atoms with Crippen molar-refractivity contribution in [2.75, 3.05) is 6.26 Å². The van der Waals surface area contributed by atoms with Gasteiger partial charge in [0.05, 0.1) is 10.4 Å². The zero-order chi connectivity index (χ0) is 13.6. The lowest BCUT2D eigenvalue weighted by molar-refractivity contribution is 0.514. The van der Waals surface area contributed by atoms with Crippen molar-refractivity contribution in [1.29, 1.82) is 0 Å². The third-order valence-electron chi connectivity index (χ3n) is 4.11. The number of sulfone groups is 1. The van der Waals surface area contributed by atoms with Crippen LogP contribution in [-0.4, -0.2) is 24.6 Å². The number of benzene rings is 1. The maximum absolute atomic E-state index is 11.8. The number of aromatic amines is 1. The lowest BCUT2D eigenvalue weighted by Crippen LogP contribution is -2.04. The molecule has 1 saturated carbocycles. The van der Waals surface area contributed by atoms with Crippen molar-refractivity contribution in [2.45, 2.75) is 37.0 Å². The summed E-state index contributed by atoms with van der Waals surface area (Å²) in [5.74, 6) is 1.98. The van der Waals surface area contributed by atoms with E-state index in [4.69, 9.17) is 0 Å². The second-order valence-corrected chi connectivity index (χ2v) is 7.55. The summed E-state index contributed by atoms with van der Waals surface area (Å²) < 4.78 is 23.6. The van der Waals surface area contributed by atoms with Crippen LogP contribution in [0.15, 0.2) is 23.1 Å². The first kappa shape index (κ1) is 12.7. The molecule has 1 aromatic carbocycles. The number of imidazole rings is 1. The number of hydrogen-bond acceptors (Lipinski definition) is 3. The molecule has 19 heavy (non-hydrogen) atoms. The SMILES string of the molecule is CC1CCCC1c1nc2c(S(C)(=O)=O)cccc2[nH]1. The van der Waals surface area contributed by atoms with Gasteiger partial charge in [0.2, 0.25) is 0 Å². The summed E-state index contributed by atoms with van der Waals surface area (Å²) in [4.78, 5) is 8.20. The van der Waals surface area contributed by atoms with Gasteiger partial charge in [-0.15, -0.1) is 0 Å². The molecular formula is C14H18N2O2S. The Bertz CT molecular complexity index is 718. The van der Waals surface area contributed by atoms with E-state index in [-0.39, 0.29) is 0 Å². The first-order valence-corrected chi connectivity index (χ1v) is 8.54. The Hall–Kier alpha value is -1.36. The molecule has 2 unspecified atom stereocenters. The zero-order valence-electron chi connectivity index (χ0n) is 11.2. The van der Waals surface area contributed by atoms with Crippen LogP contribution < -0.4 is 0 Å². The molecule has 4 nitrogen and oxygen atoms in total. The lowest BCUT2D eigenvalue weighted by Gasteiger charge is -2.11. The summed E-state index contributed by atoms with van der Waals surface area (Å²) in [6.07, 6.45) is 4.81. The fourth-order valence-corrected chi connectivity index (χ4v) is 3.88. The van der Waals surface area contributed by atoms with Crippen molar-refractivity contribution in [3.63, 3.8) is 0 Å². The van der Waals surface area contributed by atoms with Gasteiger partial charge >= 0.3 is 0 Å². The van der Waals surface area contributed by atoms with Crippen LogP contribution in [0, 0.1) is 5.92 Å². The van der Waals surface area contributed by atoms with Gasteiger partial charge in [0.15, 0.2) is 9.84 Å². The summed E-state index contributed by atoms with van der Waals surface area (Å²) in [5.41, 5.74) is 1.40. The van der Waals surface area contributed by atoms with Crippen LogP contribution in [0.1, 0.15) is 37.9 Å². The van der Waals surface area contributed by atoms with E-state index in [1.165, 1.54) is 19.1 Å². The van der Waals surface area contributed by atoms with Gasteiger partial charge < -0.3 is 4.98 Å². The van der Waals surface area contributed by atoms with E-state index < -0.39 is 9.84 Å². The minimum atomic E-state index is -3.24. The number of aromatic nitrogens is 2. The van der Waals surface area contributed by atoms with Crippen LogP contribution in [-0.2, 0) is 9.84 Å². The zero-order valence-corrected chi connectivity index (χ0v) is 12.0. The van der Waals surface area contributed by atoms with E-state index in [0.29, 0.717) is 22.2 Å². The molecule has 0 amide bonds. The molecular weight excluding hydrogens is 260 g/mol. The van der Waals surface area contributed by atoms with E-state index in [2.05, 4.69) is 16.9 Å². The highest BCUT2D eigenvalue weighted by Crippen LogP contribution is 2.38. The molecule has 102 valence electrons. The number of fused-ring (bicyclic) bond motifs is 1. The van der Waals surface area contributed by atoms with Gasteiger partial charge in [-0.1, -0.05) is 19.4 Å². The van der Waals surface area contributed by atoms with Crippen LogP contribution in [0.2, 0.25) is 0 Å². The van der Waals surface area contributed by atoms with Gasteiger partial charge in [-0.3, -0.25) is 0 Å². The summed E-state index contributed by atoms with van der Waals surface area (Å²) in [6.45, 7) is 2.24. The molecule has 1 heterocycles. The van der Waals surface area contributed by atoms with Gasteiger partial charge in [-0.2, -0.15) is 0 Å². The second-order valence-electron chi connectivity index (χ2n) is 5.56. The molecule has 0 radical (unpaired) electrons. The van der Waals surface area contributed by atoms with Crippen molar-refractivity contribution < 1.29 is 8.42 Å². The van der Waals surface area contributed by atoms with Crippen LogP contribution in [0.4, 0.5) is 0 Å². The number of hydrogen-bond donors (Lipinski definition) is 1. The summed E-state index contributed by atoms with van der Waals surface area (Å²) >= 11 is 0. The molecule has 1 fully saturated rings. The minimum Gasteiger partial charge on any atom is -0.342 e. The third-order valence-corrected chi connectivity index (χ3v) is 5.23. The standard InChI is InChI=1S/C14H18N2O2S/c1-9-5-3-6-10(9)14-15-11-7-4-8-12(13(11)16-14)19(2,17)18/h4,7-10H,3,5-6H2,1-2H3,(H,15,16). The normalized spacial score (nSPS) is 24.1. The highest BCUT2D eigenvalue weighted by atomic mass is 32.2. The number of rotatable bonds is 2. The molecule has 1 aliphatic carbocycles. The maximum atomic E-state index is 11.8. The molecule has 1 aliphatic rings. The van der Waals surface area contributed by atoms with Crippen LogP contribution in [0.25, 0.3) is 11.0 Å². The minimum absolute atomic E-state index is 0.318. The van der Waals surface area contributed by atoms with Crippen LogP contribution >= 0.6 is 0 Å². The summed E-state index contributed by atoms with van der Waals surface area (Å²) in [7, 11) is -3.24. The predicted molar refractivity (Wildman–Crippen MR) is 75.0 cm³/mol. The molecule has 2 aromatic rings. The Labute approximate surface area is 113 Å². The molecule has 0 spiro atoms. The number of para-hydroxylation sites is 1. The Morgan fingerprint density at radius 1 is 1.32 bits per heavy atom. The molecule has 0 saturated heterocycles. The predicted octanol–water partition coefficient (Wildman–Crippen LogP) is 2.87. The fraction of sp³-hybridized carbons (Fsp3) is 0.500. The summed E-state index contributed by atoms with van der Waals surface area (Å²) in [6, 6.07) is 5.28. The Morgan fingerprint density at radius 2 is 2.11 bits per heavy atom. The second kappa shape index (κ2) is 4.34. The molecule has 1 aromatic heterocycles. The van der Waals surface area contributed by atoms with E-state index in [1.54, 1.807) is 12.1 Å². The first-order valence-electron chi connectivity index (χ1n) is 6.65. The molecule has 1 N–H and O–H groups in total. The highest BCUT2D eigenvalue weighted by molar-refractivity contribution is 7.91. The molecule has 5 heteroatoms. The molecule has 2 atom stereocenters. The van der Waals surface area contributed by atoms with Crippen molar-refractivity contribution in [1.82, 2.24) is 9.97 Å². The van der Waals surface area contributed by atoms with E-state index >= 15 is 0 Å². The molecule has 3 rings (SSSR count). The number of nitrogens with one attached hydrogen (secondary N) is 1.